The number of halogens is 1. The van der Waals surface area contributed by atoms with Crippen molar-refractivity contribution in [3.63, 3.8) is 0 Å². The van der Waals surface area contributed by atoms with Crippen molar-refractivity contribution in [2.75, 3.05) is 17.7 Å². The summed E-state index contributed by atoms with van der Waals surface area (Å²) >= 11 is 5.53. The molecule has 0 spiro atoms. The number of hydrogen-bond donors (Lipinski definition) is 2. The third-order valence-corrected chi connectivity index (χ3v) is 2.99. The lowest BCUT2D eigenvalue weighted by Crippen LogP contribution is -2.26. The van der Waals surface area contributed by atoms with Gasteiger partial charge in [-0.1, -0.05) is 12.1 Å². The summed E-state index contributed by atoms with van der Waals surface area (Å²) in [5.41, 5.74) is 3.08. The second kappa shape index (κ2) is 8.23. The first-order valence-electron chi connectivity index (χ1n) is 6.36. The molecule has 5 heteroatoms. The summed E-state index contributed by atoms with van der Waals surface area (Å²) < 4.78 is 0. The second-order valence-electron chi connectivity index (χ2n) is 4.43. The van der Waals surface area contributed by atoms with Crippen molar-refractivity contribution in [3.8, 4) is 6.07 Å². The highest BCUT2D eigenvalue weighted by Gasteiger charge is 2.08. The Morgan fingerprint density at radius 3 is 2.85 bits per heavy atom. The molecular formula is C15H18ClN3O. The predicted molar refractivity (Wildman–Crippen MR) is 81.6 cm³/mol. The zero-order valence-corrected chi connectivity index (χ0v) is 12.4. The van der Waals surface area contributed by atoms with E-state index in [0.717, 1.165) is 16.8 Å². The van der Waals surface area contributed by atoms with E-state index in [0.29, 0.717) is 18.8 Å². The summed E-state index contributed by atoms with van der Waals surface area (Å²) in [5, 5.41) is 14.7. The summed E-state index contributed by atoms with van der Waals surface area (Å²) in [7, 11) is 0. The molecule has 0 radical (unpaired) electrons. The van der Waals surface area contributed by atoms with E-state index in [1.807, 2.05) is 38.1 Å². The molecule has 1 amide bonds. The van der Waals surface area contributed by atoms with Gasteiger partial charge in [0.2, 0.25) is 0 Å². The third kappa shape index (κ3) is 4.94. The van der Waals surface area contributed by atoms with E-state index in [9.17, 15) is 4.79 Å². The molecule has 0 saturated heterocycles. The Morgan fingerprint density at radius 2 is 2.20 bits per heavy atom. The van der Waals surface area contributed by atoms with Crippen LogP contribution in [0, 0.1) is 25.2 Å². The van der Waals surface area contributed by atoms with Gasteiger partial charge in [0.05, 0.1) is 0 Å². The van der Waals surface area contributed by atoms with Gasteiger partial charge in [-0.05, 0) is 37.5 Å². The SMILES string of the molecule is Cc1ccc(C)c(N/C=C(/C#N)C(=O)NCCCCl)c1. The number of aryl methyl sites for hydroxylation is 2. The third-order valence-electron chi connectivity index (χ3n) is 2.73. The minimum Gasteiger partial charge on any atom is -0.360 e. The number of rotatable bonds is 6. The number of carbonyl (C=O) groups is 1. The predicted octanol–water partition coefficient (Wildman–Crippen LogP) is 2.87. The molecule has 0 aliphatic carbocycles. The first-order chi connectivity index (χ1) is 9.58. The molecule has 0 heterocycles. The normalized spacial score (nSPS) is 10.8. The van der Waals surface area contributed by atoms with Gasteiger partial charge in [-0.25, -0.2) is 0 Å². The zero-order chi connectivity index (χ0) is 15.0. The number of benzene rings is 1. The molecule has 1 aromatic rings. The van der Waals surface area contributed by atoms with Crippen molar-refractivity contribution in [1.29, 1.82) is 5.26 Å². The molecule has 20 heavy (non-hydrogen) atoms. The van der Waals surface area contributed by atoms with Crippen molar-refractivity contribution >= 4 is 23.2 Å². The number of amides is 1. The maximum absolute atomic E-state index is 11.7. The second-order valence-corrected chi connectivity index (χ2v) is 4.81. The summed E-state index contributed by atoms with van der Waals surface area (Å²) in [6.45, 7) is 4.41. The van der Waals surface area contributed by atoms with Gasteiger partial charge in [0.1, 0.15) is 11.6 Å². The van der Waals surface area contributed by atoms with E-state index in [1.165, 1.54) is 6.20 Å². The van der Waals surface area contributed by atoms with Crippen LogP contribution in [0.3, 0.4) is 0 Å². The van der Waals surface area contributed by atoms with Crippen LogP contribution in [0.5, 0.6) is 0 Å². The fraction of sp³-hybridized carbons (Fsp3) is 0.333. The van der Waals surface area contributed by atoms with Crippen LogP contribution in [-0.4, -0.2) is 18.3 Å². The molecule has 0 unspecified atom stereocenters. The number of alkyl halides is 1. The van der Waals surface area contributed by atoms with Crippen LogP contribution in [-0.2, 0) is 4.79 Å². The Balaban J connectivity index is 2.73. The summed E-state index contributed by atoms with van der Waals surface area (Å²) in [6, 6.07) is 7.84. The monoisotopic (exact) mass is 291 g/mol. The zero-order valence-electron chi connectivity index (χ0n) is 11.7. The number of hydrogen-bond acceptors (Lipinski definition) is 3. The van der Waals surface area contributed by atoms with E-state index in [2.05, 4.69) is 10.6 Å². The van der Waals surface area contributed by atoms with Crippen molar-refractivity contribution in [3.05, 3.63) is 41.1 Å². The number of anilines is 1. The van der Waals surface area contributed by atoms with Crippen LogP contribution in [0.4, 0.5) is 5.69 Å². The molecule has 2 N–H and O–H groups in total. The molecule has 4 nitrogen and oxygen atoms in total. The van der Waals surface area contributed by atoms with Crippen LogP contribution in [0.1, 0.15) is 17.5 Å². The Kier molecular flexibility index (Phi) is 6.61. The van der Waals surface area contributed by atoms with Gasteiger partial charge in [0.25, 0.3) is 5.91 Å². The Bertz CT molecular complexity index is 547. The van der Waals surface area contributed by atoms with E-state index in [1.54, 1.807) is 0 Å². The van der Waals surface area contributed by atoms with Crippen molar-refractivity contribution in [2.24, 2.45) is 0 Å². The highest BCUT2D eigenvalue weighted by atomic mass is 35.5. The van der Waals surface area contributed by atoms with Crippen molar-refractivity contribution in [1.82, 2.24) is 5.32 Å². The Morgan fingerprint density at radius 1 is 1.45 bits per heavy atom. The van der Waals surface area contributed by atoms with Gasteiger partial charge in [0, 0.05) is 24.3 Å². The number of carbonyl (C=O) groups excluding carboxylic acids is 1. The lowest BCUT2D eigenvalue weighted by Gasteiger charge is -2.07. The minimum absolute atomic E-state index is 0.0421. The summed E-state index contributed by atoms with van der Waals surface area (Å²) in [6.07, 6.45) is 2.11. The number of nitrogens with one attached hydrogen (secondary N) is 2. The molecule has 0 aliphatic rings. The van der Waals surface area contributed by atoms with Crippen LogP contribution < -0.4 is 10.6 Å². The van der Waals surface area contributed by atoms with Crippen LogP contribution in [0.2, 0.25) is 0 Å². The number of nitrogens with zero attached hydrogens (tertiary/aromatic N) is 1. The van der Waals surface area contributed by atoms with Crippen LogP contribution in [0.15, 0.2) is 30.0 Å². The largest absolute Gasteiger partial charge is 0.360 e. The average Bonchev–Trinajstić information content (AvgIpc) is 2.43. The van der Waals surface area contributed by atoms with Crippen molar-refractivity contribution in [2.45, 2.75) is 20.3 Å². The topological polar surface area (TPSA) is 64.9 Å². The lowest BCUT2D eigenvalue weighted by molar-refractivity contribution is -0.117. The van der Waals surface area contributed by atoms with Gasteiger partial charge in [-0.15, -0.1) is 11.6 Å². The van der Waals surface area contributed by atoms with Gasteiger partial charge >= 0.3 is 0 Å². The van der Waals surface area contributed by atoms with Crippen LogP contribution >= 0.6 is 11.6 Å². The van der Waals surface area contributed by atoms with E-state index in [4.69, 9.17) is 16.9 Å². The number of nitriles is 1. The van der Waals surface area contributed by atoms with Crippen molar-refractivity contribution < 1.29 is 4.79 Å². The molecule has 0 aliphatic heterocycles. The standard InChI is InChI=1S/C15H18ClN3O/c1-11-4-5-12(2)14(8-11)19-10-13(9-17)15(20)18-7-3-6-16/h4-5,8,10,19H,3,6-7H2,1-2H3,(H,18,20)/b13-10-. The molecule has 0 aromatic heterocycles. The first kappa shape index (κ1) is 16.1. The highest BCUT2D eigenvalue weighted by Crippen LogP contribution is 2.16. The maximum atomic E-state index is 11.7. The van der Waals surface area contributed by atoms with E-state index >= 15 is 0 Å². The Labute approximate surface area is 124 Å². The van der Waals surface area contributed by atoms with Gasteiger partial charge < -0.3 is 10.6 Å². The molecule has 1 aromatic carbocycles. The molecular weight excluding hydrogens is 274 g/mol. The molecule has 0 bridgehead atoms. The van der Waals surface area contributed by atoms with Gasteiger partial charge in [0.15, 0.2) is 0 Å². The molecule has 0 saturated carbocycles. The highest BCUT2D eigenvalue weighted by molar-refractivity contribution is 6.17. The Hall–Kier alpha value is -1.99. The summed E-state index contributed by atoms with van der Waals surface area (Å²) in [4.78, 5) is 11.7. The average molecular weight is 292 g/mol. The van der Waals surface area contributed by atoms with Crippen LogP contribution in [0.25, 0.3) is 0 Å². The van der Waals surface area contributed by atoms with Gasteiger partial charge in [-0.2, -0.15) is 5.26 Å². The van der Waals surface area contributed by atoms with Gasteiger partial charge in [-0.3, -0.25) is 4.79 Å². The fourth-order valence-corrected chi connectivity index (χ4v) is 1.69. The van der Waals surface area contributed by atoms with E-state index < -0.39 is 5.91 Å². The quantitative estimate of drug-likeness (QED) is 0.367. The fourth-order valence-electron chi connectivity index (χ4n) is 1.55. The molecule has 106 valence electrons. The summed E-state index contributed by atoms with van der Waals surface area (Å²) in [5.74, 6) is 0.0857. The lowest BCUT2D eigenvalue weighted by atomic mass is 10.1. The first-order valence-corrected chi connectivity index (χ1v) is 6.90. The van der Waals surface area contributed by atoms with E-state index in [-0.39, 0.29) is 5.57 Å². The molecule has 0 atom stereocenters. The maximum Gasteiger partial charge on any atom is 0.263 e. The minimum atomic E-state index is -0.393. The smallest absolute Gasteiger partial charge is 0.263 e. The molecule has 1 rings (SSSR count). The molecule has 0 fully saturated rings.